The number of ether oxygens (including phenoxy) is 1. The fourth-order valence-corrected chi connectivity index (χ4v) is 2.77. The van der Waals surface area contributed by atoms with Crippen molar-refractivity contribution in [2.24, 2.45) is 0 Å². The summed E-state index contributed by atoms with van der Waals surface area (Å²) in [6.07, 6.45) is 0. The molecule has 0 atom stereocenters. The monoisotopic (exact) mass is 332 g/mol. The second kappa shape index (κ2) is 6.85. The van der Waals surface area contributed by atoms with Gasteiger partial charge in [0, 0.05) is 10.8 Å². The lowest BCUT2D eigenvalue weighted by molar-refractivity contribution is 0.411. The zero-order valence-corrected chi connectivity index (χ0v) is 13.4. The highest BCUT2D eigenvalue weighted by Crippen LogP contribution is 2.31. The van der Waals surface area contributed by atoms with Crippen LogP contribution in [0.4, 0.5) is 0 Å². The summed E-state index contributed by atoms with van der Waals surface area (Å²) in [5.41, 5.74) is 1.93. The Labute approximate surface area is 137 Å². The predicted molar refractivity (Wildman–Crippen MR) is 87.3 cm³/mol. The van der Waals surface area contributed by atoms with Gasteiger partial charge in [0.2, 0.25) is 0 Å². The summed E-state index contributed by atoms with van der Waals surface area (Å²) < 4.78 is 11.0. The van der Waals surface area contributed by atoms with Crippen LogP contribution in [0.5, 0.6) is 5.75 Å². The van der Waals surface area contributed by atoms with Crippen LogP contribution in [0.1, 0.15) is 5.56 Å². The molecule has 0 bridgehead atoms. The highest BCUT2D eigenvalue weighted by atomic mass is 35.5. The molecule has 2 aromatic carbocycles. The van der Waals surface area contributed by atoms with Gasteiger partial charge in [-0.05, 0) is 29.8 Å². The largest absolute Gasteiger partial charge is 0.496 e. The van der Waals surface area contributed by atoms with Crippen LogP contribution < -0.4 is 4.74 Å². The van der Waals surface area contributed by atoms with Gasteiger partial charge in [-0.2, -0.15) is 0 Å². The summed E-state index contributed by atoms with van der Waals surface area (Å²) >= 11 is 7.35. The molecule has 0 radical (unpaired) electrons. The third-order valence-corrected chi connectivity index (χ3v) is 4.16. The second-order valence-corrected chi connectivity index (χ2v) is 5.85. The fraction of sp³-hybridized carbons (Fsp3) is 0.125. The number of aromatic nitrogens is 2. The van der Waals surface area contributed by atoms with Crippen molar-refractivity contribution in [2.45, 2.75) is 11.0 Å². The lowest BCUT2D eigenvalue weighted by Crippen LogP contribution is -1.87. The van der Waals surface area contributed by atoms with E-state index in [9.17, 15) is 0 Å². The maximum absolute atomic E-state index is 5.87. The first-order chi connectivity index (χ1) is 10.8. The molecule has 0 unspecified atom stereocenters. The number of halogens is 1. The van der Waals surface area contributed by atoms with E-state index in [4.69, 9.17) is 20.8 Å². The molecular weight excluding hydrogens is 320 g/mol. The number of methoxy groups -OCH3 is 1. The summed E-state index contributed by atoms with van der Waals surface area (Å²) in [5.74, 6) is 1.90. The molecule has 0 fully saturated rings. The Balaban J connectivity index is 1.72. The molecule has 0 amide bonds. The third kappa shape index (κ3) is 3.43. The van der Waals surface area contributed by atoms with Gasteiger partial charge in [-0.1, -0.05) is 47.6 Å². The maximum atomic E-state index is 5.87. The van der Waals surface area contributed by atoms with E-state index < -0.39 is 0 Å². The smallest absolute Gasteiger partial charge is 0.277 e. The highest BCUT2D eigenvalue weighted by molar-refractivity contribution is 7.98. The van der Waals surface area contributed by atoms with E-state index in [0.717, 1.165) is 21.9 Å². The molecule has 0 aliphatic heterocycles. The Morgan fingerprint density at radius 1 is 1.09 bits per heavy atom. The van der Waals surface area contributed by atoms with Gasteiger partial charge in [-0.15, -0.1) is 10.2 Å². The fourth-order valence-electron chi connectivity index (χ4n) is 1.92. The van der Waals surface area contributed by atoms with Crippen LogP contribution >= 0.6 is 23.4 Å². The highest BCUT2D eigenvalue weighted by Gasteiger charge is 2.13. The first-order valence-electron chi connectivity index (χ1n) is 6.60. The number of thioether (sulfide) groups is 1. The lowest BCUT2D eigenvalue weighted by Gasteiger charge is -2.03. The van der Waals surface area contributed by atoms with Gasteiger partial charge < -0.3 is 9.15 Å². The zero-order chi connectivity index (χ0) is 15.4. The number of nitrogens with zero attached hydrogens (tertiary/aromatic N) is 2. The molecule has 0 spiro atoms. The average molecular weight is 333 g/mol. The molecule has 0 saturated heterocycles. The van der Waals surface area contributed by atoms with Crippen molar-refractivity contribution >= 4 is 23.4 Å². The molecule has 6 heteroatoms. The van der Waals surface area contributed by atoms with Gasteiger partial charge in [-0.3, -0.25) is 0 Å². The van der Waals surface area contributed by atoms with Gasteiger partial charge in [-0.25, -0.2) is 0 Å². The first kappa shape index (κ1) is 14.9. The average Bonchev–Trinajstić information content (AvgIpc) is 3.03. The van der Waals surface area contributed by atoms with Gasteiger partial charge >= 0.3 is 0 Å². The zero-order valence-electron chi connectivity index (χ0n) is 11.8. The van der Waals surface area contributed by atoms with Gasteiger partial charge in [0.25, 0.3) is 11.1 Å². The van der Waals surface area contributed by atoms with Crippen molar-refractivity contribution in [3.63, 3.8) is 0 Å². The van der Waals surface area contributed by atoms with Crippen LogP contribution in [0.15, 0.2) is 58.2 Å². The molecule has 112 valence electrons. The van der Waals surface area contributed by atoms with E-state index in [1.807, 2.05) is 48.5 Å². The van der Waals surface area contributed by atoms with E-state index in [2.05, 4.69) is 10.2 Å². The second-order valence-electron chi connectivity index (χ2n) is 4.49. The summed E-state index contributed by atoms with van der Waals surface area (Å²) in [7, 11) is 1.62. The number of hydrogen-bond acceptors (Lipinski definition) is 5. The van der Waals surface area contributed by atoms with Gasteiger partial charge in [0.15, 0.2) is 0 Å². The van der Waals surface area contributed by atoms with E-state index in [-0.39, 0.29) is 0 Å². The van der Waals surface area contributed by atoms with Crippen LogP contribution in [0.25, 0.3) is 11.5 Å². The Morgan fingerprint density at radius 2 is 1.86 bits per heavy atom. The molecule has 22 heavy (non-hydrogen) atoms. The Hall–Kier alpha value is -1.98. The number of hydrogen-bond donors (Lipinski definition) is 0. The van der Waals surface area contributed by atoms with Crippen molar-refractivity contribution < 1.29 is 9.15 Å². The number of benzene rings is 2. The van der Waals surface area contributed by atoms with E-state index in [1.165, 1.54) is 11.8 Å². The number of para-hydroxylation sites is 1. The van der Waals surface area contributed by atoms with E-state index in [0.29, 0.717) is 16.9 Å². The van der Waals surface area contributed by atoms with Crippen LogP contribution in [-0.4, -0.2) is 17.3 Å². The van der Waals surface area contributed by atoms with Crippen LogP contribution in [0.2, 0.25) is 5.02 Å². The van der Waals surface area contributed by atoms with Crippen molar-refractivity contribution in [1.82, 2.24) is 10.2 Å². The van der Waals surface area contributed by atoms with Crippen molar-refractivity contribution in [2.75, 3.05) is 7.11 Å². The first-order valence-corrected chi connectivity index (χ1v) is 7.97. The van der Waals surface area contributed by atoms with Crippen LogP contribution in [0, 0.1) is 0 Å². The Bertz CT molecular complexity index is 759. The van der Waals surface area contributed by atoms with Gasteiger partial charge in [0.05, 0.1) is 12.7 Å². The molecular formula is C16H13ClN2O2S. The molecule has 3 rings (SSSR count). The summed E-state index contributed by atoms with van der Waals surface area (Å²) in [6, 6.07) is 15.2. The quantitative estimate of drug-likeness (QED) is 0.634. The lowest BCUT2D eigenvalue weighted by atomic mass is 10.2. The van der Waals surface area contributed by atoms with Crippen LogP contribution in [-0.2, 0) is 5.75 Å². The molecule has 1 aromatic heterocycles. The topological polar surface area (TPSA) is 48.2 Å². The summed E-state index contributed by atoms with van der Waals surface area (Å²) in [6.45, 7) is 0. The van der Waals surface area contributed by atoms with E-state index >= 15 is 0 Å². The van der Waals surface area contributed by atoms with Crippen molar-refractivity contribution in [1.29, 1.82) is 0 Å². The minimum atomic E-state index is 0.455. The summed E-state index contributed by atoms with van der Waals surface area (Å²) in [4.78, 5) is 0. The minimum absolute atomic E-state index is 0.455. The predicted octanol–water partition coefficient (Wildman–Crippen LogP) is 4.69. The van der Waals surface area contributed by atoms with Crippen molar-refractivity contribution in [3.05, 3.63) is 59.1 Å². The summed E-state index contributed by atoms with van der Waals surface area (Å²) in [5, 5.41) is 9.40. The maximum Gasteiger partial charge on any atom is 0.277 e. The standard InChI is InChI=1S/C16H13ClN2O2S/c1-20-14-5-3-2-4-13(14)15-18-19-16(21-15)22-10-11-6-8-12(17)9-7-11/h2-9H,10H2,1H3. The molecule has 1 heterocycles. The minimum Gasteiger partial charge on any atom is -0.496 e. The SMILES string of the molecule is COc1ccccc1-c1nnc(SCc2ccc(Cl)cc2)o1. The molecule has 0 N–H and O–H groups in total. The Morgan fingerprint density at radius 3 is 2.64 bits per heavy atom. The van der Waals surface area contributed by atoms with Crippen LogP contribution in [0.3, 0.4) is 0 Å². The number of rotatable bonds is 5. The van der Waals surface area contributed by atoms with Gasteiger partial charge in [0.1, 0.15) is 5.75 Å². The molecule has 0 aliphatic carbocycles. The molecule has 3 aromatic rings. The normalized spacial score (nSPS) is 10.6. The van der Waals surface area contributed by atoms with Crippen molar-refractivity contribution in [3.8, 4) is 17.2 Å². The molecule has 0 aliphatic rings. The molecule has 0 saturated carbocycles. The van der Waals surface area contributed by atoms with E-state index in [1.54, 1.807) is 7.11 Å². The third-order valence-electron chi connectivity index (χ3n) is 3.02. The Kier molecular flexibility index (Phi) is 4.65. The molecule has 4 nitrogen and oxygen atoms in total.